The van der Waals surface area contributed by atoms with Crippen LogP contribution in [0.5, 0.6) is 0 Å². The number of ether oxygens (including phenoxy) is 1. The highest BCUT2D eigenvalue weighted by Crippen LogP contribution is 2.60. The van der Waals surface area contributed by atoms with Crippen LogP contribution < -0.4 is 0 Å². The highest BCUT2D eigenvalue weighted by atomic mass is 16.5. The molecule has 2 nitrogen and oxygen atoms in total. The van der Waals surface area contributed by atoms with E-state index in [-0.39, 0.29) is 5.41 Å². The topological polar surface area (TPSA) is 26.3 Å². The second kappa shape index (κ2) is 6.26. The van der Waals surface area contributed by atoms with Gasteiger partial charge >= 0.3 is 0 Å². The molecule has 0 spiro atoms. The molecule has 7 unspecified atom stereocenters. The average Bonchev–Trinajstić information content (AvgIpc) is 2.83. The summed E-state index contributed by atoms with van der Waals surface area (Å²) < 4.78 is 5.59. The first-order chi connectivity index (χ1) is 10.5. The van der Waals surface area contributed by atoms with E-state index in [9.17, 15) is 4.79 Å². The predicted octanol–water partition coefficient (Wildman–Crippen LogP) is 4.86. The van der Waals surface area contributed by atoms with Crippen LogP contribution in [0.2, 0.25) is 0 Å². The zero-order valence-corrected chi connectivity index (χ0v) is 14.9. The predicted molar refractivity (Wildman–Crippen MR) is 89.6 cm³/mol. The van der Waals surface area contributed by atoms with E-state index in [2.05, 4.69) is 20.8 Å². The minimum Gasteiger partial charge on any atom is -0.382 e. The van der Waals surface area contributed by atoms with Crippen molar-refractivity contribution in [3.63, 3.8) is 0 Å². The minimum atomic E-state index is 0.0254. The Kier molecular flexibility index (Phi) is 4.69. The van der Waals surface area contributed by atoms with Crippen molar-refractivity contribution in [1.29, 1.82) is 0 Å². The van der Waals surface area contributed by atoms with Crippen LogP contribution in [-0.2, 0) is 9.53 Å². The molecule has 0 radical (unpaired) electrons. The lowest BCUT2D eigenvalue weighted by atomic mass is 9.51. The fourth-order valence-electron chi connectivity index (χ4n) is 6.36. The lowest BCUT2D eigenvalue weighted by Crippen LogP contribution is -2.48. The molecule has 0 saturated heterocycles. The molecule has 3 rings (SSSR count). The summed E-state index contributed by atoms with van der Waals surface area (Å²) in [5.41, 5.74) is 0.0254. The Bertz CT molecular complexity index is 418. The number of hydrogen-bond acceptors (Lipinski definition) is 2. The molecule has 126 valence electrons. The molecule has 0 aromatic rings. The van der Waals surface area contributed by atoms with E-state index in [1.54, 1.807) is 0 Å². The van der Waals surface area contributed by atoms with Crippen molar-refractivity contribution >= 4 is 5.78 Å². The largest absolute Gasteiger partial charge is 0.382 e. The monoisotopic (exact) mass is 306 g/mol. The first-order valence-corrected chi connectivity index (χ1v) is 9.57. The van der Waals surface area contributed by atoms with Gasteiger partial charge in [-0.15, -0.1) is 0 Å². The molecule has 0 amide bonds. The molecule has 0 N–H and O–H groups in total. The van der Waals surface area contributed by atoms with Crippen LogP contribution in [0.3, 0.4) is 0 Å². The third-order valence-corrected chi connectivity index (χ3v) is 7.76. The highest BCUT2D eigenvalue weighted by Gasteiger charge is 2.56. The highest BCUT2D eigenvalue weighted by molar-refractivity contribution is 5.87. The maximum absolute atomic E-state index is 12.4. The van der Waals surface area contributed by atoms with Crippen LogP contribution in [0.15, 0.2) is 0 Å². The lowest BCUT2D eigenvalue weighted by molar-refractivity contribution is -0.132. The number of carbonyl (C=O) groups is 1. The number of Topliss-reactive ketones (excluding diaryl/α,β-unsaturated/α-hetero) is 1. The quantitative estimate of drug-likeness (QED) is 0.741. The zero-order chi connectivity index (χ0) is 15.9. The SMILES string of the molecule is CCC1CCC2C(CCC3(C)C(=O)CCC23)C1CC(C)OC. The second-order valence-corrected chi connectivity index (χ2v) is 8.54. The van der Waals surface area contributed by atoms with E-state index in [1.807, 2.05) is 7.11 Å². The molecule has 0 aromatic heterocycles. The average molecular weight is 306 g/mol. The molecule has 0 bridgehead atoms. The fourth-order valence-corrected chi connectivity index (χ4v) is 6.36. The van der Waals surface area contributed by atoms with E-state index < -0.39 is 0 Å². The summed E-state index contributed by atoms with van der Waals surface area (Å²) in [6.45, 7) is 6.87. The smallest absolute Gasteiger partial charge is 0.139 e. The Morgan fingerprint density at radius 2 is 2.00 bits per heavy atom. The lowest BCUT2D eigenvalue weighted by Gasteiger charge is -2.53. The number of hydrogen-bond donors (Lipinski definition) is 0. The summed E-state index contributed by atoms with van der Waals surface area (Å²) in [5, 5.41) is 0. The van der Waals surface area contributed by atoms with Crippen molar-refractivity contribution < 1.29 is 9.53 Å². The van der Waals surface area contributed by atoms with Crippen molar-refractivity contribution in [3.8, 4) is 0 Å². The van der Waals surface area contributed by atoms with Gasteiger partial charge in [-0.3, -0.25) is 4.79 Å². The van der Waals surface area contributed by atoms with Crippen LogP contribution in [0, 0.1) is 35.0 Å². The minimum absolute atomic E-state index is 0.0254. The molecule has 2 heteroatoms. The van der Waals surface area contributed by atoms with Gasteiger partial charge in [0.05, 0.1) is 6.10 Å². The van der Waals surface area contributed by atoms with Gasteiger partial charge in [-0.2, -0.15) is 0 Å². The summed E-state index contributed by atoms with van der Waals surface area (Å²) in [6.07, 6.45) is 10.1. The first kappa shape index (κ1) is 16.5. The molecule has 0 aliphatic heterocycles. The molecule has 3 aliphatic carbocycles. The van der Waals surface area contributed by atoms with Gasteiger partial charge in [0.2, 0.25) is 0 Å². The van der Waals surface area contributed by atoms with Gasteiger partial charge in [0.1, 0.15) is 5.78 Å². The van der Waals surface area contributed by atoms with Crippen molar-refractivity contribution in [2.24, 2.45) is 35.0 Å². The maximum Gasteiger partial charge on any atom is 0.139 e. The Morgan fingerprint density at radius 1 is 1.23 bits per heavy atom. The normalized spacial score (nSPS) is 46.2. The molecular formula is C20H34O2. The van der Waals surface area contributed by atoms with Gasteiger partial charge in [0.15, 0.2) is 0 Å². The fraction of sp³-hybridized carbons (Fsp3) is 0.950. The van der Waals surface area contributed by atoms with Crippen LogP contribution in [0.4, 0.5) is 0 Å². The van der Waals surface area contributed by atoms with Gasteiger partial charge in [0.25, 0.3) is 0 Å². The number of ketones is 1. The summed E-state index contributed by atoms with van der Waals surface area (Å²) in [4.78, 5) is 12.4. The third kappa shape index (κ3) is 2.56. The molecule has 0 aromatic carbocycles. The van der Waals surface area contributed by atoms with Gasteiger partial charge in [0, 0.05) is 18.9 Å². The molecule has 7 atom stereocenters. The molecule has 0 heterocycles. The van der Waals surface area contributed by atoms with E-state index in [0.29, 0.717) is 17.8 Å². The number of methoxy groups -OCH3 is 1. The molecule has 3 fully saturated rings. The maximum atomic E-state index is 12.4. The summed E-state index contributed by atoms with van der Waals surface area (Å²) in [6, 6.07) is 0. The Hall–Kier alpha value is -0.370. The van der Waals surface area contributed by atoms with Crippen molar-refractivity contribution in [2.75, 3.05) is 7.11 Å². The summed E-state index contributed by atoms with van der Waals surface area (Å²) in [7, 11) is 1.85. The van der Waals surface area contributed by atoms with Gasteiger partial charge in [-0.25, -0.2) is 0 Å². The van der Waals surface area contributed by atoms with E-state index in [0.717, 1.165) is 36.5 Å². The number of carbonyl (C=O) groups excluding carboxylic acids is 1. The first-order valence-electron chi connectivity index (χ1n) is 9.57. The summed E-state index contributed by atoms with van der Waals surface area (Å²) >= 11 is 0. The van der Waals surface area contributed by atoms with Crippen molar-refractivity contribution in [2.45, 2.75) is 78.2 Å². The Labute approximate surface area is 136 Å². The van der Waals surface area contributed by atoms with Crippen molar-refractivity contribution in [1.82, 2.24) is 0 Å². The van der Waals surface area contributed by atoms with E-state index in [4.69, 9.17) is 4.74 Å². The van der Waals surface area contributed by atoms with Gasteiger partial charge in [-0.05, 0) is 75.0 Å². The number of fused-ring (bicyclic) bond motifs is 3. The molecular weight excluding hydrogens is 272 g/mol. The molecule has 3 aliphatic rings. The third-order valence-electron chi connectivity index (χ3n) is 7.76. The van der Waals surface area contributed by atoms with Crippen LogP contribution in [0.25, 0.3) is 0 Å². The molecule has 22 heavy (non-hydrogen) atoms. The van der Waals surface area contributed by atoms with Gasteiger partial charge < -0.3 is 4.74 Å². The Morgan fingerprint density at radius 3 is 2.68 bits per heavy atom. The Balaban J connectivity index is 1.81. The van der Waals surface area contributed by atoms with Crippen molar-refractivity contribution in [3.05, 3.63) is 0 Å². The van der Waals surface area contributed by atoms with E-state index in [1.165, 1.54) is 38.5 Å². The van der Waals surface area contributed by atoms with E-state index >= 15 is 0 Å². The standard InChI is InChI=1S/C20H34O2/c1-5-14-6-7-16-15(17(14)12-13(2)22-4)10-11-20(3)18(16)8-9-19(20)21/h13-18H,5-12H2,1-4H3. The summed E-state index contributed by atoms with van der Waals surface area (Å²) in [5.74, 6) is 4.59. The number of rotatable bonds is 4. The zero-order valence-electron chi connectivity index (χ0n) is 14.9. The van der Waals surface area contributed by atoms with Gasteiger partial charge in [-0.1, -0.05) is 20.3 Å². The van der Waals surface area contributed by atoms with Crippen LogP contribution in [0.1, 0.15) is 72.1 Å². The van der Waals surface area contributed by atoms with Crippen LogP contribution >= 0.6 is 0 Å². The second-order valence-electron chi connectivity index (χ2n) is 8.54. The van der Waals surface area contributed by atoms with Crippen LogP contribution in [-0.4, -0.2) is 19.0 Å². The molecule has 3 saturated carbocycles.